The van der Waals surface area contributed by atoms with E-state index in [4.69, 9.17) is 0 Å². The summed E-state index contributed by atoms with van der Waals surface area (Å²) < 4.78 is 0. The van der Waals surface area contributed by atoms with Gasteiger partial charge in [0.1, 0.15) is 11.4 Å². The lowest BCUT2D eigenvalue weighted by Crippen LogP contribution is -2.44. The molecule has 0 radical (unpaired) electrons. The average molecular weight is 294 g/mol. The van der Waals surface area contributed by atoms with Crippen molar-refractivity contribution in [3.63, 3.8) is 0 Å². The third-order valence-electron chi connectivity index (χ3n) is 4.28. The monoisotopic (exact) mass is 294 g/mol. The van der Waals surface area contributed by atoms with Crippen molar-refractivity contribution >= 4 is 5.84 Å². The summed E-state index contributed by atoms with van der Waals surface area (Å²) in [6.07, 6.45) is 0.612. The highest BCUT2D eigenvalue weighted by Gasteiger charge is 2.38. The molecule has 1 heterocycles. The van der Waals surface area contributed by atoms with Crippen LogP contribution in [0.25, 0.3) is 0 Å². The normalized spacial score (nSPS) is 17.2. The predicted molar refractivity (Wildman–Crippen MR) is 89.8 cm³/mol. The maximum absolute atomic E-state index is 11.3. The van der Waals surface area contributed by atoms with Gasteiger partial charge in [-0.2, -0.15) is 0 Å². The Morgan fingerprint density at radius 3 is 2.32 bits per heavy atom. The lowest BCUT2D eigenvalue weighted by molar-refractivity contribution is 0.0929. The smallest absolute Gasteiger partial charge is 0.146 e. The molecule has 3 rings (SSSR count). The second-order valence-electron chi connectivity index (χ2n) is 5.69. The van der Waals surface area contributed by atoms with Gasteiger partial charge in [0, 0.05) is 13.1 Å². The molecule has 1 atom stereocenters. The lowest BCUT2D eigenvalue weighted by Gasteiger charge is -2.33. The lowest BCUT2D eigenvalue weighted by atomic mass is 9.89. The van der Waals surface area contributed by atoms with Crippen LogP contribution in [0.4, 0.5) is 0 Å². The van der Waals surface area contributed by atoms with Crippen molar-refractivity contribution < 1.29 is 5.11 Å². The molecule has 22 heavy (non-hydrogen) atoms. The van der Waals surface area contributed by atoms with E-state index >= 15 is 0 Å². The molecule has 1 unspecified atom stereocenters. The minimum Gasteiger partial charge on any atom is -0.377 e. The Hall–Kier alpha value is -2.13. The van der Waals surface area contributed by atoms with Gasteiger partial charge in [0.2, 0.25) is 0 Å². The van der Waals surface area contributed by atoms with E-state index in [1.807, 2.05) is 55.5 Å². The van der Waals surface area contributed by atoms with Gasteiger partial charge in [-0.1, -0.05) is 67.6 Å². The summed E-state index contributed by atoms with van der Waals surface area (Å²) in [7, 11) is 0. The fourth-order valence-electron chi connectivity index (χ4n) is 3.04. The molecule has 0 saturated heterocycles. The van der Waals surface area contributed by atoms with Crippen molar-refractivity contribution in [3.05, 3.63) is 71.8 Å². The number of hydrogen-bond acceptors (Lipinski definition) is 3. The fraction of sp³-hybridized carbons (Fsp3) is 0.316. The molecule has 1 aliphatic rings. The number of nitrogens with zero attached hydrogens (tertiary/aromatic N) is 2. The van der Waals surface area contributed by atoms with Crippen molar-refractivity contribution in [2.45, 2.75) is 25.5 Å². The minimum atomic E-state index is -1.01. The predicted octanol–water partition coefficient (Wildman–Crippen LogP) is 3.20. The molecule has 1 N–H and O–H groups in total. The zero-order valence-corrected chi connectivity index (χ0v) is 12.9. The molecule has 0 spiro atoms. The fourth-order valence-corrected chi connectivity index (χ4v) is 3.04. The largest absolute Gasteiger partial charge is 0.377 e. The molecule has 1 aliphatic heterocycles. The standard InChI is InChI=1S/C19H22N2O/c1-2-19(22,17-11-7-4-8-12-17)18-20-13-14-21(18)15-16-9-5-3-6-10-16/h3-12,22H,2,13-15H2,1H3. The van der Waals surface area contributed by atoms with Gasteiger partial charge in [-0.15, -0.1) is 0 Å². The number of hydrogen-bond donors (Lipinski definition) is 1. The molecule has 0 aliphatic carbocycles. The van der Waals surface area contributed by atoms with E-state index in [1.54, 1.807) is 0 Å². The van der Waals surface area contributed by atoms with E-state index in [9.17, 15) is 5.11 Å². The van der Waals surface area contributed by atoms with Gasteiger partial charge in [-0.25, -0.2) is 0 Å². The van der Waals surface area contributed by atoms with Gasteiger partial charge >= 0.3 is 0 Å². The quantitative estimate of drug-likeness (QED) is 0.919. The summed E-state index contributed by atoms with van der Waals surface area (Å²) in [5.41, 5.74) is 1.15. The summed E-state index contributed by atoms with van der Waals surface area (Å²) >= 11 is 0. The molecule has 0 saturated carbocycles. The van der Waals surface area contributed by atoms with Crippen LogP contribution in [0.2, 0.25) is 0 Å². The highest BCUT2D eigenvalue weighted by molar-refractivity contribution is 5.92. The van der Waals surface area contributed by atoms with Gasteiger partial charge < -0.3 is 10.0 Å². The maximum atomic E-state index is 11.3. The molecular formula is C19H22N2O. The first-order chi connectivity index (χ1) is 10.7. The van der Waals surface area contributed by atoms with E-state index < -0.39 is 5.60 Å². The summed E-state index contributed by atoms with van der Waals surface area (Å²) in [6.45, 7) is 4.40. The Morgan fingerprint density at radius 1 is 1.05 bits per heavy atom. The van der Waals surface area contributed by atoms with Crippen LogP contribution in [0.5, 0.6) is 0 Å². The first kappa shape index (κ1) is 14.8. The Bertz CT molecular complexity index is 639. The van der Waals surface area contributed by atoms with Crippen LogP contribution in [-0.4, -0.2) is 28.9 Å². The van der Waals surface area contributed by atoms with E-state index in [0.29, 0.717) is 6.42 Å². The molecule has 0 amide bonds. The van der Waals surface area contributed by atoms with Crippen molar-refractivity contribution in [3.8, 4) is 0 Å². The second kappa shape index (κ2) is 6.32. The van der Waals surface area contributed by atoms with E-state index in [0.717, 1.165) is 31.0 Å². The van der Waals surface area contributed by atoms with Crippen molar-refractivity contribution in [1.29, 1.82) is 0 Å². The van der Waals surface area contributed by atoms with Crippen LogP contribution < -0.4 is 0 Å². The third-order valence-corrected chi connectivity index (χ3v) is 4.28. The van der Waals surface area contributed by atoms with Crippen LogP contribution in [0.15, 0.2) is 65.7 Å². The summed E-state index contributed by atoms with van der Waals surface area (Å²) in [5.74, 6) is 0.796. The number of aliphatic hydroxyl groups is 1. The van der Waals surface area contributed by atoms with Crippen molar-refractivity contribution in [1.82, 2.24) is 4.90 Å². The molecule has 0 bridgehead atoms. The molecule has 0 fully saturated rings. The van der Waals surface area contributed by atoms with Gasteiger partial charge in [-0.3, -0.25) is 4.99 Å². The summed E-state index contributed by atoms with van der Waals surface area (Å²) in [6, 6.07) is 20.2. The Morgan fingerprint density at radius 2 is 1.68 bits per heavy atom. The highest BCUT2D eigenvalue weighted by Crippen LogP contribution is 2.30. The first-order valence-corrected chi connectivity index (χ1v) is 7.86. The van der Waals surface area contributed by atoms with Gasteiger partial charge in [-0.05, 0) is 17.5 Å². The zero-order chi connectivity index (χ0) is 15.4. The van der Waals surface area contributed by atoms with Crippen LogP contribution in [0, 0.1) is 0 Å². The van der Waals surface area contributed by atoms with E-state index in [-0.39, 0.29) is 0 Å². The van der Waals surface area contributed by atoms with Gasteiger partial charge in [0.15, 0.2) is 0 Å². The van der Waals surface area contributed by atoms with Crippen LogP contribution >= 0.6 is 0 Å². The number of rotatable bonds is 5. The molecule has 2 aromatic carbocycles. The molecule has 2 aromatic rings. The molecular weight excluding hydrogens is 272 g/mol. The molecule has 3 heteroatoms. The Labute approximate surface area is 131 Å². The topological polar surface area (TPSA) is 35.8 Å². The van der Waals surface area contributed by atoms with Gasteiger partial charge in [0.05, 0.1) is 6.54 Å². The van der Waals surface area contributed by atoms with E-state index in [2.05, 4.69) is 22.0 Å². The minimum absolute atomic E-state index is 0.612. The van der Waals surface area contributed by atoms with Crippen molar-refractivity contribution in [2.75, 3.05) is 13.1 Å². The highest BCUT2D eigenvalue weighted by atomic mass is 16.3. The van der Waals surface area contributed by atoms with Gasteiger partial charge in [0.25, 0.3) is 0 Å². The Kier molecular flexibility index (Phi) is 4.25. The molecule has 114 valence electrons. The number of aliphatic imine (C=N–C) groups is 1. The molecule has 3 nitrogen and oxygen atoms in total. The average Bonchev–Trinajstić information content (AvgIpc) is 3.04. The van der Waals surface area contributed by atoms with Crippen LogP contribution in [0.1, 0.15) is 24.5 Å². The second-order valence-corrected chi connectivity index (χ2v) is 5.69. The number of amidine groups is 1. The van der Waals surface area contributed by atoms with Crippen LogP contribution in [0.3, 0.4) is 0 Å². The SMILES string of the molecule is CCC(O)(C1=NCCN1Cc1ccccc1)c1ccccc1. The maximum Gasteiger partial charge on any atom is 0.146 e. The molecule has 0 aromatic heterocycles. The first-order valence-electron chi connectivity index (χ1n) is 7.86. The van der Waals surface area contributed by atoms with Crippen LogP contribution in [-0.2, 0) is 12.1 Å². The Balaban J connectivity index is 1.88. The summed E-state index contributed by atoms with van der Waals surface area (Å²) in [5, 5.41) is 11.3. The summed E-state index contributed by atoms with van der Waals surface area (Å²) in [4.78, 5) is 6.83. The third kappa shape index (κ3) is 2.77. The zero-order valence-electron chi connectivity index (χ0n) is 12.9. The van der Waals surface area contributed by atoms with E-state index in [1.165, 1.54) is 5.56 Å². The number of benzene rings is 2. The van der Waals surface area contributed by atoms with Crippen molar-refractivity contribution in [2.24, 2.45) is 4.99 Å².